The molecule has 1 saturated carbocycles. The minimum atomic E-state index is -1.31. The fourth-order valence-electron chi connectivity index (χ4n) is 2.03. The van der Waals surface area contributed by atoms with E-state index < -0.39 is 23.2 Å². The van der Waals surface area contributed by atoms with Crippen LogP contribution in [0.2, 0.25) is 0 Å². The van der Waals surface area contributed by atoms with Crippen LogP contribution in [-0.2, 0) is 14.3 Å². The minimum Gasteiger partial charge on any atom is -0.480 e. The van der Waals surface area contributed by atoms with Gasteiger partial charge in [0, 0.05) is 26.2 Å². The van der Waals surface area contributed by atoms with Crippen LogP contribution in [0.25, 0.3) is 0 Å². The highest BCUT2D eigenvalue weighted by atomic mass is 16.6. The van der Waals surface area contributed by atoms with E-state index in [0.717, 1.165) is 12.8 Å². The molecule has 0 saturated heterocycles. The van der Waals surface area contributed by atoms with Gasteiger partial charge < -0.3 is 14.6 Å². The fourth-order valence-corrected chi connectivity index (χ4v) is 2.03. The van der Waals surface area contributed by atoms with Gasteiger partial charge in [-0.3, -0.25) is 4.90 Å². The average molecular weight is 287 g/mol. The van der Waals surface area contributed by atoms with Crippen molar-refractivity contribution in [2.45, 2.75) is 64.1 Å². The summed E-state index contributed by atoms with van der Waals surface area (Å²) in [6.45, 7) is 7.13. The van der Waals surface area contributed by atoms with Gasteiger partial charge in [0.05, 0.1) is 0 Å². The summed E-state index contributed by atoms with van der Waals surface area (Å²) in [6, 6.07) is -0.0530. The van der Waals surface area contributed by atoms with Crippen molar-refractivity contribution >= 4 is 12.1 Å². The van der Waals surface area contributed by atoms with E-state index >= 15 is 0 Å². The summed E-state index contributed by atoms with van der Waals surface area (Å²) < 4.78 is 10.3. The van der Waals surface area contributed by atoms with Crippen molar-refractivity contribution in [1.82, 2.24) is 4.90 Å². The van der Waals surface area contributed by atoms with Crippen LogP contribution in [0.15, 0.2) is 0 Å². The molecule has 0 spiro atoms. The lowest BCUT2D eigenvalue weighted by atomic mass is 9.96. The van der Waals surface area contributed by atoms with Crippen molar-refractivity contribution in [3.8, 4) is 0 Å². The predicted octanol–water partition coefficient (Wildman–Crippen LogP) is 2.27. The number of carboxylic acid groups (broad SMARTS) is 1. The molecule has 0 aromatic rings. The van der Waals surface area contributed by atoms with E-state index in [2.05, 4.69) is 0 Å². The molecule has 1 amide bonds. The molecule has 1 atom stereocenters. The third-order valence-electron chi connectivity index (χ3n) is 3.29. The molecule has 0 radical (unpaired) electrons. The number of carboxylic acids is 1. The van der Waals surface area contributed by atoms with Crippen molar-refractivity contribution < 1.29 is 24.2 Å². The maximum absolute atomic E-state index is 12.4. The van der Waals surface area contributed by atoms with Crippen LogP contribution in [0.4, 0.5) is 4.79 Å². The van der Waals surface area contributed by atoms with E-state index in [1.165, 1.54) is 12.0 Å². The van der Waals surface area contributed by atoms with E-state index in [0.29, 0.717) is 0 Å². The van der Waals surface area contributed by atoms with Crippen LogP contribution in [0.5, 0.6) is 0 Å². The Labute approximate surface area is 120 Å². The highest BCUT2D eigenvalue weighted by molar-refractivity contribution is 5.84. The van der Waals surface area contributed by atoms with Crippen molar-refractivity contribution in [2.24, 2.45) is 0 Å². The van der Waals surface area contributed by atoms with Crippen molar-refractivity contribution in [3.63, 3.8) is 0 Å². The molecule has 20 heavy (non-hydrogen) atoms. The zero-order valence-electron chi connectivity index (χ0n) is 12.9. The number of hydrogen-bond acceptors (Lipinski definition) is 4. The first-order valence-electron chi connectivity index (χ1n) is 6.86. The normalized spacial score (nSPS) is 18.2. The van der Waals surface area contributed by atoms with Gasteiger partial charge in [-0.05, 0) is 40.5 Å². The Morgan fingerprint density at radius 1 is 1.25 bits per heavy atom. The van der Waals surface area contributed by atoms with E-state index in [4.69, 9.17) is 9.47 Å². The third kappa shape index (κ3) is 4.10. The summed E-state index contributed by atoms with van der Waals surface area (Å²) in [5.74, 6) is -1.03. The Hall–Kier alpha value is -1.30. The Kier molecular flexibility index (Phi) is 5.02. The first-order chi connectivity index (χ1) is 9.12. The summed E-state index contributed by atoms with van der Waals surface area (Å²) in [4.78, 5) is 25.4. The van der Waals surface area contributed by atoms with E-state index in [-0.39, 0.29) is 19.1 Å². The number of carbonyl (C=O) groups excluding carboxylic acids is 1. The van der Waals surface area contributed by atoms with Gasteiger partial charge in [-0.25, -0.2) is 9.59 Å². The highest BCUT2D eigenvalue weighted by Gasteiger charge is 2.50. The van der Waals surface area contributed by atoms with Gasteiger partial charge in [-0.15, -0.1) is 0 Å². The molecule has 1 fully saturated rings. The van der Waals surface area contributed by atoms with Crippen molar-refractivity contribution in [3.05, 3.63) is 0 Å². The van der Waals surface area contributed by atoms with Crippen LogP contribution >= 0.6 is 0 Å². The number of methoxy groups -OCH3 is 1. The molecule has 1 aliphatic rings. The first-order valence-corrected chi connectivity index (χ1v) is 6.86. The Morgan fingerprint density at radius 2 is 1.80 bits per heavy atom. The molecule has 0 heterocycles. The molecule has 0 bridgehead atoms. The van der Waals surface area contributed by atoms with Gasteiger partial charge in [0.1, 0.15) is 11.1 Å². The van der Waals surface area contributed by atoms with Crippen LogP contribution in [0.1, 0.15) is 47.0 Å². The summed E-state index contributed by atoms with van der Waals surface area (Å²) in [7, 11) is 1.51. The standard InChI is InChI=1S/C14H25NO5/c1-13(2,3)20-12(18)15(10-6-7-10)14(4,11(16)17)8-9-19-5/h10H,6-9H2,1-5H3,(H,16,17). The van der Waals surface area contributed by atoms with Gasteiger partial charge in [0.25, 0.3) is 0 Å². The van der Waals surface area contributed by atoms with Crippen LogP contribution in [0.3, 0.4) is 0 Å². The van der Waals surface area contributed by atoms with Gasteiger partial charge in [-0.1, -0.05) is 0 Å². The lowest BCUT2D eigenvalue weighted by Crippen LogP contribution is -2.57. The number of amides is 1. The molecule has 6 nitrogen and oxygen atoms in total. The fraction of sp³-hybridized carbons (Fsp3) is 0.857. The van der Waals surface area contributed by atoms with Crippen molar-refractivity contribution in [2.75, 3.05) is 13.7 Å². The topological polar surface area (TPSA) is 76.1 Å². The monoisotopic (exact) mass is 287 g/mol. The van der Waals surface area contributed by atoms with E-state index in [1.807, 2.05) is 0 Å². The van der Waals surface area contributed by atoms with Crippen molar-refractivity contribution in [1.29, 1.82) is 0 Å². The summed E-state index contributed by atoms with van der Waals surface area (Å²) in [5.41, 5.74) is -1.95. The van der Waals surface area contributed by atoms with Gasteiger partial charge >= 0.3 is 12.1 Å². The Bertz CT molecular complexity index is 372. The van der Waals surface area contributed by atoms with Gasteiger partial charge in [0.2, 0.25) is 0 Å². The lowest BCUT2D eigenvalue weighted by molar-refractivity contribution is -0.152. The molecule has 0 aliphatic heterocycles. The number of aliphatic carboxylic acids is 1. The highest BCUT2D eigenvalue weighted by Crippen LogP contribution is 2.36. The molecule has 6 heteroatoms. The van der Waals surface area contributed by atoms with Crippen LogP contribution < -0.4 is 0 Å². The maximum atomic E-state index is 12.4. The number of ether oxygens (including phenoxy) is 2. The third-order valence-corrected chi connectivity index (χ3v) is 3.29. The van der Waals surface area contributed by atoms with Gasteiger partial charge in [0.15, 0.2) is 0 Å². The molecule has 1 rings (SSSR count). The molecular formula is C14H25NO5. The molecule has 1 unspecified atom stereocenters. The van der Waals surface area contributed by atoms with E-state index in [1.54, 1.807) is 27.7 Å². The second-order valence-corrected chi connectivity index (χ2v) is 6.40. The zero-order chi connectivity index (χ0) is 15.6. The minimum absolute atomic E-state index is 0.0530. The average Bonchev–Trinajstić information content (AvgIpc) is 3.08. The molecule has 0 aromatic carbocycles. The number of hydrogen-bond donors (Lipinski definition) is 1. The largest absolute Gasteiger partial charge is 0.480 e. The molecule has 1 N–H and O–H groups in total. The molecular weight excluding hydrogens is 262 g/mol. The summed E-state index contributed by atoms with van der Waals surface area (Å²) in [6.07, 6.45) is 1.29. The van der Waals surface area contributed by atoms with Crippen LogP contribution in [0, 0.1) is 0 Å². The number of rotatable bonds is 6. The molecule has 1 aliphatic carbocycles. The smallest absolute Gasteiger partial charge is 0.411 e. The lowest BCUT2D eigenvalue weighted by Gasteiger charge is -2.38. The summed E-state index contributed by atoms with van der Waals surface area (Å²) >= 11 is 0. The Morgan fingerprint density at radius 3 is 2.15 bits per heavy atom. The number of nitrogens with zero attached hydrogens (tertiary/aromatic N) is 1. The maximum Gasteiger partial charge on any atom is 0.411 e. The van der Waals surface area contributed by atoms with Gasteiger partial charge in [-0.2, -0.15) is 0 Å². The predicted molar refractivity (Wildman–Crippen MR) is 73.6 cm³/mol. The van der Waals surface area contributed by atoms with E-state index in [9.17, 15) is 14.7 Å². The summed E-state index contributed by atoms with van der Waals surface area (Å²) in [5, 5.41) is 9.55. The quantitative estimate of drug-likeness (QED) is 0.811. The Balaban J connectivity index is 2.97. The van der Waals surface area contributed by atoms with Crippen LogP contribution in [-0.4, -0.2) is 53.0 Å². The number of carbonyl (C=O) groups is 2. The first kappa shape index (κ1) is 16.8. The molecule has 116 valence electrons. The second kappa shape index (κ2) is 5.99. The SMILES string of the molecule is COCCC(C)(C(=O)O)N(C(=O)OC(C)(C)C)C1CC1. The molecule has 0 aromatic heterocycles. The second-order valence-electron chi connectivity index (χ2n) is 6.40. The zero-order valence-corrected chi connectivity index (χ0v) is 12.9.